The molecule has 0 saturated carbocycles. The molecule has 13 heteroatoms. The summed E-state index contributed by atoms with van der Waals surface area (Å²) in [5.41, 5.74) is 17.3. The maximum atomic E-state index is 13.6. The number of hydrogen-bond donors (Lipinski definition) is 6. The molecule has 3 atom stereocenters. The molecule has 1 heterocycles. The van der Waals surface area contributed by atoms with Crippen molar-refractivity contribution in [3.8, 4) is 0 Å². The molecule has 252 valence electrons. The molecule has 2 aromatic carbocycles. The SMILES string of the molecule is NCCCCC(NC(=O)C(CCCCN)NC(=O)C1CCCN1C(=O)Cc1cccc2ccccc12)C(=O)NCCOCC(N)=O. The molecular weight excluding hydrogens is 590 g/mol. The number of carbonyl (C=O) groups excluding carboxylic acids is 5. The number of carbonyl (C=O) groups is 5. The number of fused-ring (bicyclic) bond motifs is 1. The number of nitrogens with one attached hydrogen (secondary N) is 3. The van der Waals surface area contributed by atoms with Gasteiger partial charge in [-0.25, -0.2) is 0 Å². The van der Waals surface area contributed by atoms with Crippen molar-refractivity contribution in [1.29, 1.82) is 0 Å². The van der Waals surface area contributed by atoms with Crippen LogP contribution in [0.15, 0.2) is 42.5 Å². The first-order valence-corrected chi connectivity index (χ1v) is 16.2. The second kappa shape index (κ2) is 19.4. The number of likely N-dealkylation sites (tertiary alicyclic amines) is 1. The lowest BCUT2D eigenvalue weighted by Crippen LogP contribution is -2.56. The molecular formula is C33H49N7O6. The van der Waals surface area contributed by atoms with Gasteiger partial charge in [0.2, 0.25) is 29.5 Å². The number of amides is 5. The molecule has 0 aliphatic carbocycles. The number of ether oxygens (including phenoxy) is 1. The number of hydrogen-bond acceptors (Lipinski definition) is 8. The highest BCUT2D eigenvalue weighted by atomic mass is 16.5. The third-order valence-corrected chi connectivity index (χ3v) is 8.05. The Balaban J connectivity index is 1.66. The molecule has 0 spiro atoms. The van der Waals surface area contributed by atoms with Crippen molar-refractivity contribution in [2.75, 3.05) is 39.4 Å². The van der Waals surface area contributed by atoms with E-state index in [1.165, 1.54) is 0 Å². The Morgan fingerprint density at radius 2 is 1.54 bits per heavy atom. The van der Waals surface area contributed by atoms with Gasteiger partial charge in [-0.1, -0.05) is 42.5 Å². The number of benzene rings is 2. The zero-order valence-electron chi connectivity index (χ0n) is 26.5. The van der Waals surface area contributed by atoms with Crippen LogP contribution in [-0.2, 0) is 35.1 Å². The van der Waals surface area contributed by atoms with Crippen LogP contribution in [0.2, 0.25) is 0 Å². The molecule has 3 unspecified atom stereocenters. The second-order valence-electron chi connectivity index (χ2n) is 11.6. The first kappa shape index (κ1) is 36.4. The average Bonchev–Trinajstić information content (AvgIpc) is 3.54. The van der Waals surface area contributed by atoms with Crippen LogP contribution in [0.4, 0.5) is 0 Å². The molecule has 2 aromatic rings. The highest BCUT2D eigenvalue weighted by Gasteiger charge is 2.36. The van der Waals surface area contributed by atoms with Gasteiger partial charge in [0.25, 0.3) is 0 Å². The monoisotopic (exact) mass is 639 g/mol. The molecule has 1 aliphatic rings. The van der Waals surface area contributed by atoms with E-state index < -0.39 is 41.8 Å². The van der Waals surface area contributed by atoms with E-state index in [0.29, 0.717) is 71.0 Å². The van der Waals surface area contributed by atoms with Crippen molar-refractivity contribution in [2.45, 2.75) is 75.9 Å². The summed E-state index contributed by atoms with van der Waals surface area (Å²) in [6.07, 6.45) is 4.52. The lowest BCUT2D eigenvalue weighted by molar-refractivity contribution is -0.139. The third kappa shape index (κ3) is 11.4. The van der Waals surface area contributed by atoms with Crippen LogP contribution in [0.5, 0.6) is 0 Å². The standard InChI is InChI=1S/C33H49N7O6/c34-16-5-3-13-26(31(43)37-18-20-46-22-29(36)41)38-32(44)27(14-4-6-17-35)39-33(45)28-15-8-19-40(28)30(42)21-24-11-7-10-23-9-1-2-12-25(23)24/h1-2,7,9-12,26-28H,3-6,8,13-22,34-35H2,(H2,36,41)(H,37,43)(H,38,44)(H,39,45). The van der Waals surface area contributed by atoms with Crippen LogP contribution in [0, 0.1) is 0 Å². The zero-order valence-corrected chi connectivity index (χ0v) is 26.5. The molecule has 0 aromatic heterocycles. The number of primary amides is 1. The van der Waals surface area contributed by atoms with Gasteiger partial charge in [-0.2, -0.15) is 0 Å². The lowest BCUT2D eigenvalue weighted by Gasteiger charge is -2.28. The summed E-state index contributed by atoms with van der Waals surface area (Å²) in [5, 5.41) is 10.4. The Labute approximate surface area is 270 Å². The van der Waals surface area contributed by atoms with E-state index in [9.17, 15) is 24.0 Å². The van der Waals surface area contributed by atoms with Crippen LogP contribution in [0.25, 0.3) is 10.8 Å². The number of nitrogens with two attached hydrogens (primary N) is 3. The van der Waals surface area contributed by atoms with Crippen molar-refractivity contribution >= 4 is 40.3 Å². The van der Waals surface area contributed by atoms with Gasteiger partial charge < -0.3 is 42.8 Å². The summed E-state index contributed by atoms with van der Waals surface area (Å²) in [5.74, 6) is -2.06. The Kier molecular flexibility index (Phi) is 15.4. The summed E-state index contributed by atoms with van der Waals surface area (Å²) >= 11 is 0. The highest BCUT2D eigenvalue weighted by Crippen LogP contribution is 2.23. The van der Waals surface area contributed by atoms with Gasteiger partial charge in [-0.05, 0) is 80.8 Å². The third-order valence-electron chi connectivity index (χ3n) is 8.05. The largest absolute Gasteiger partial charge is 0.370 e. The van der Waals surface area contributed by atoms with E-state index in [1.54, 1.807) is 4.90 Å². The van der Waals surface area contributed by atoms with Crippen molar-refractivity contribution < 1.29 is 28.7 Å². The molecule has 0 bridgehead atoms. The minimum absolute atomic E-state index is 0.0764. The van der Waals surface area contributed by atoms with Gasteiger partial charge in [0.1, 0.15) is 24.7 Å². The Bertz CT molecular complexity index is 1320. The molecule has 9 N–H and O–H groups in total. The fourth-order valence-corrected chi connectivity index (χ4v) is 5.65. The minimum atomic E-state index is -0.918. The van der Waals surface area contributed by atoms with Crippen molar-refractivity contribution in [2.24, 2.45) is 17.2 Å². The van der Waals surface area contributed by atoms with Crippen LogP contribution in [-0.4, -0.2) is 92.0 Å². The fourth-order valence-electron chi connectivity index (χ4n) is 5.65. The van der Waals surface area contributed by atoms with E-state index >= 15 is 0 Å². The second-order valence-corrected chi connectivity index (χ2v) is 11.6. The number of unbranched alkanes of at least 4 members (excludes halogenated alkanes) is 2. The molecule has 5 amide bonds. The first-order chi connectivity index (χ1) is 22.2. The van der Waals surface area contributed by atoms with E-state index in [4.69, 9.17) is 21.9 Å². The van der Waals surface area contributed by atoms with Crippen molar-refractivity contribution in [3.63, 3.8) is 0 Å². The lowest BCUT2D eigenvalue weighted by atomic mass is 10.0. The zero-order chi connectivity index (χ0) is 33.3. The van der Waals surface area contributed by atoms with E-state index in [-0.39, 0.29) is 32.1 Å². The van der Waals surface area contributed by atoms with Crippen molar-refractivity contribution in [3.05, 3.63) is 48.0 Å². The Morgan fingerprint density at radius 3 is 2.24 bits per heavy atom. The average molecular weight is 640 g/mol. The smallest absolute Gasteiger partial charge is 0.243 e. The number of nitrogens with zero attached hydrogens (tertiary/aromatic N) is 1. The molecule has 13 nitrogen and oxygen atoms in total. The predicted molar refractivity (Wildman–Crippen MR) is 175 cm³/mol. The molecule has 1 fully saturated rings. The fraction of sp³-hybridized carbons (Fsp3) is 0.545. The van der Waals surface area contributed by atoms with Gasteiger partial charge in [-0.15, -0.1) is 0 Å². The normalized spacial score (nSPS) is 15.7. The predicted octanol–water partition coefficient (Wildman–Crippen LogP) is 0.219. The van der Waals surface area contributed by atoms with Crippen LogP contribution in [0.1, 0.15) is 56.9 Å². The van der Waals surface area contributed by atoms with Gasteiger partial charge in [0, 0.05) is 13.1 Å². The number of rotatable bonds is 20. The van der Waals surface area contributed by atoms with Crippen LogP contribution < -0.4 is 33.2 Å². The van der Waals surface area contributed by atoms with Gasteiger partial charge >= 0.3 is 0 Å². The Hall–Kier alpha value is -4.07. The molecule has 46 heavy (non-hydrogen) atoms. The van der Waals surface area contributed by atoms with Gasteiger partial charge in [0.15, 0.2) is 0 Å². The maximum absolute atomic E-state index is 13.6. The van der Waals surface area contributed by atoms with E-state index in [2.05, 4.69) is 16.0 Å². The highest BCUT2D eigenvalue weighted by molar-refractivity contribution is 5.95. The summed E-state index contributed by atoms with van der Waals surface area (Å²) < 4.78 is 5.09. The first-order valence-electron chi connectivity index (χ1n) is 16.2. The summed E-state index contributed by atoms with van der Waals surface area (Å²) in [6, 6.07) is 11.2. The molecule has 1 saturated heterocycles. The maximum Gasteiger partial charge on any atom is 0.243 e. The van der Waals surface area contributed by atoms with E-state index in [0.717, 1.165) is 16.3 Å². The summed E-state index contributed by atoms with van der Waals surface area (Å²) in [4.78, 5) is 66.1. The van der Waals surface area contributed by atoms with E-state index in [1.807, 2.05) is 42.5 Å². The van der Waals surface area contributed by atoms with Crippen molar-refractivity contribution in [1.82, 2.24) is 20.9 Å². The summed E-state index contributed by atoms with van der Waals surface area (Å²) in [6.45, 7) is 1.27. The van der Waals surface area contributed by atoms with Crippen LogP contribution >= 0.6 is 0 Å². The van der Waals surface area contributed by atoms with Gasteiger partial charge in [-0.3, -0.25) is 24.0 Å². The van der Waals surface area contributed by atoms with Crippen LogP contribution in [0.3, 0.4) is 0 Å². The minimum Gasteiger partial charge on any atom is -0.370 e. The molecule has 3 rings (SSSR count). The quantitative estimate of drug-likeness (QED) is 0.110. The summed E-state index contributed by atoms with van der Waals surface area (Å²) in [7, 11) is 0. The van der Waals surface area contributed by atoms with Gasteiger partial charge in [0.05, 0.1) is 13.0 Å². The topological polar surface area (TPSA) is 212 Å². The molecule has 1 aliphatic heterocycles. The Morgan fingerprint density at radius 1 is 0.870 bits per heavy atom. The molecule has 0 radical (unpaired) electrons.